The Morgan fingerprint density at radius 2 is 1.22 bits per heavy atom. The second kappa shape index (κ2) is 13.3. The van der Waals surface area contributed by atoms with Crippen LogP contribution in [-0.4, -0.2) is 11.8 Å². The summed E-state index contributed by atoms with van der Waals surface area (Å²) in [5.74, 6) is -0.311. The fourth-order valence-corrected chi connectivity index (χ4v) is 4.13. The number of para-hydroxylation sites is 2. The van der Waals surface area contributed by atoms with Gasteiger partial charge in [-0.15, -0.1) is 11.3 Å². The molecule has 0 fully saturated rings. The zero-order valence-corrected chi connectivity index (χ0v) is 20.8. The molecule has 182 valence electrons. The van der Waals surface area contributed by atoms with Crippen molar-refractivity contribution in [2.75, 3.05) is 10.9 Å². The van der Waals surface area contributed by atoms with E-state index in [-0.39, 0.29) is 11.8 Å². The van der Waals surface area contributed by atoms with Crippen molar-refractivity contribution < 1.29 is 9.59 Å². The maximum atomic E-state index is 12.2. The van der Waals surface area contributed by atoms with E-state index in [2.05, 4.69) is 34.9 Å². The average Bonchev–Trinajstić information content (AvgIpc) is 3.21. The predicted octanol–water partition coefficient (Wildman–Crippen LogP) is 4.63. The van der Waals surface area contributed by atoms with Crippen LogP contribution >= 0.6 is 11.3 Å². The highest BCUT2D eigenvalue weighted by atomic mass is 32.1. The Bertz CT molecular complexity index is 1400. The van der Waals surface area contributed by atoms with Crippen molar-refractivity contribution >= 4 is 47.2 Å². The van der Waals surface area contributed by atoms with Crippen molar-refractivity contribution in [2.45, 2.75) is 6.92 Å². The molecule has 36 heavy (non-hydrogen) atoms. The second-order valence-corrected chi connectivity index (χ2v) is 8.61. The lowest BCUT2D eigenvalue weighted by atomic mass is 10.2. The molecule has 0 spiro atoms. The number of amides is 2. The molecule has 4 N–H and O–H groups in total. The lowest BCUT2D eigenvalue weighted by molar-refractivity contribution is 0.0956. The molecule has 3 aromatic carbocycles. The number of benzene rings is 3. The molecule has 0 aliphatic carbocycles. The van der Waals surface area contributed by atoms with E-state index in [1.165, 1.54) is 11.3 Å². The molecule has 0 atom stereocenters. The van der Waals surface area contributed by atoms with Crippen molar-refractivity contribution in [3.8, 4) is 0 Å². The lowest BCUT2D eigenvalue weighted by Gasteiger charge is -2.07. The van der Waals surface area contributed by atoms with Crippen molar-refractivity contribution in [2.24, 2.45) is 0 Å². The van der Waals surface area contributed by atoms with Gasteiger partial charge < -0.3 is 0 Å². The number of carbonyl (C=O) groups excluding carboxylic acids is 2. The minimum Gasteiger partial charge on any atom is -0.298 e. The molecule has 0 bridgehead atoms. The zero-order valence-electron chi connectivity index (χ0n) is 20.0. The third kappa shape index (κ3) is 7.44. The Morgan fingerprint density at radius 1 is 0.750 bits per heavy atom. The third-order valence-electron chi connectivity index (χ3n) is 5.00. The van der Waals surface area contributed by atoms with Gasteiger partial charge in [0.05, 0.1) is 16.3 Å². The minimum atomic E-state index is -0.162. The topological polar surface area (TPSA) is 82.3 Å². The molecular weight excluding hydrogens is 468 g/mol. The lowest BCUT2D eigenvalue weighted by Crippen LogP contribution is -2.29. The normalized spacial score (nSPS) is 10.4. The SMILES string of the molecule is C=C/C=c1/sc(C(=O)NNc2ccccc2)c(C)c1=C.O=C(NNc1ccccc1)c1ccccc1. The van der Waals surface area contributed by atoms with Gasteiger partial charge in [-0.25, -0.2) is 0 Å². The molecule has 1 heterocycles. The van der Waals surface area contributed by atoms with Gasteiger partial charge in [-0.2, -0.15) is 0 Å². The summed E-state index contributed by atoms with van der Waals surface area (Å²) >= 11 is 1.41. The summed E-state index contributed by atoms with van der Waals surface area (Å²) in [7, 11) is 0. The number of nitrogens with one attached hydrogen (secondary N) is 4. The van der Waals surface area contributed by atoms with Gasteiger partial charge in [0, 0.05) is 10.1 Å². The molecular formula is C29H28N4O2S. The molecule has 0 aliphatic heterocycles. The van der Waals surface area contributed by atoms with Crippen LogP contribution < -0.4 is 31.5 Å². The van der Waals surface area contributed by atoms with E-state index in [9.17, 15) is 9.59 Å². The molecule has 0 saturated heterocycles. The van der Waals surface area contributed by atoms with Gasteiger partial charge >= 0.3 is 0 Å². The van der Waals surface area contributed by atoms with E-state index >= 15 is 0 Å². The van der Waals surface area contributed by atoms with Gasteiger partial charge in [0.15, 0.2) is 0 Å². The highest BCUT2D eigenvalue weighted by Crippen LogP contribution is 2.08. The Kier molecular flexibility index (Phi) is 9.61. The van der Waals surface area contributed by atoms with Crippen LogP contribution in [-0.2, 0) is 0 Å². The summed E-state index contributed by atoms with van der Waals surface area (Å²) in [5, 5.41) is 0.875. The maximum Gasteiger partial charge on any atom is 0.279 e. The minimum absolute atomic E-state index is 0.149. The van der Waals surface area contributed by atoms with Crippen molar-refractivity contribution in [3.05, 3.63) is 129 Å². The Hall–Kier alpha value is -4.62. The molecule has 4 rings (SSSR count). The molecule has 0 saturated carbocycles. The number of rotatable bonds is 7. The summed E-state index contributed by atoms with van der Waals surface area (Å²) in [4.78, 5) is 24.5. The van der Waals surface area contributed by atoms with Crippen molar-refractivity contribution in [1.29, 1.82) is 0 Å². The molecule has 6 nitrogen and oxygen atoms in total. The number of hydrogen-bond donors (Lipinski definition) is 4. The van der Waals surface area contributed by atoms with Crippen LogP contribution in [0.5, 0.6) is 0 Å². The summed E-state index contributed by atoms with van der Waals surface area (Å²) in [6.45, 7) is 9.56. The van der Waals surface area contributed by atoms with Crippen molar-refractivity contribution in [3.63, 3.8) is 0 Å². The quantitative estimate of drug-likeness (QED) is 0.281. The number of hydrogen-bond acceptors (Lipinski definition) is 5. The fourth-order valence-electron chi connectivity index (χ4n) is 3.05. The van der Waals surface area contributed by atoms with E-state index in [1.807, 2.05) is 91.9 Å². The Balaban J connectivity index is 0.000000205. The number of hydrazine groups is 2. The number of thiophene rings is 1. The summed E-state index contributed by atoms with van der Waals surface area (Å²) in [6, 6.07) is 28.0. The van der Waals surface area contributed by atoms with Crippen LogP contribution in [0.1, 0.15) is 25.6 Å². The molecule has 0 aliphatic rings. The Morgan fingerprint density at radius 3 is 1.72 bits per heavy atom. The van der Waals surface area contributed by atoms with Gasteiger partial charge in [-0.05, 0) is 60.2 Å². The average molecular weight is 497 g/mol. The van der Waals surface area contributed by atoms with E-state index < -0.39 is 0 Å². The first kappa shape index (κ1) is 26.0. The van der Waals surface area contributed by atoms with Crippen LogP contribution in [0.4, 0.5) is 11.4 Å². The predicted molar refractivity (Wildman–Crippen MR) is 150 cm³/mol. The van der Waals surface area contributed by atoms with Gasteiger partial charge in [-0.3, -0.25) is 31.3 Å². The molecule has 1 aromatic heterocycles. The molecule has 4 aromatic rings. The van der Waals surface area contributed by atoms with E-state index in [1.54, 1.807) is 18.2 Å². The van der Waals surface area contributed by atoms with Crippen LogP contribution in [0, 0.1) is 6.92 Å². The highest BCUT2D eigenvalue weighted by molar-refractivity contribution is 7.12. The molecule has 0 unspecified atom stereocenters. The van der Waals surface area contributed by atoms with Crippen LogP contribution in [0.25, 0.3) is 12.7 Å². The first-order valence-corrected chi connectivity index (χ1v) is 12.0. The monoisotopic (exact) mass is 496 g/mol. The Labute approximate surface area is 214 Å². The number of anilines is 2. The third-order valence-corrected chi connectivity index (χ3v) is 6.30. The van der Waals surface area contributed by atoms with Crippen LogP contribution in [0.3, 0.4) is 0 Å². The van der Waals surface area contributed by atoms with Gasteiger partial charge in [0.25, 0.3) is 11.8 Å². The smallest absolute Gasteiger partial charge is 0.279 e. The maximum absolute atomic E-state index is 12.2. The van der Waals surface area contributed by atoms with Crippen LogP contribution in [0.2, 0.25) is 0 Å². The number of carbonyl (C=O) groups is 2. The van der Waals surface area contributed by atoms with Gasteiger partial charge in [0.1, 0.15) is 0 Å². The molecule has 2 amide bonds. The molecule has 0 radical (unpaired) electrons. The van der Waals surface area contributed by atoms with Gasteiger partial charge in [0.2, 0.25) is 0 Å². The zero-order chi connectivity index (χ0) is 25.8. The summed E-state index contributed by atoms with van der Waals surface area (Å²) in [6.07, 6.45) is 3.56. The van der Waals surface area contributed by atoms with E-state index in [0.29, 0.717) is 10.4 Å². The summed E-state index contributed by atoms with van der Waals surface area (Å²) in [5.41, 5.74) is 14.3. The van der Waals surface area contributed by atoms with Crippen LogP contribution in [0.15, 0.2) is 104 Å². The second-order valence-electron chi connectivity index (χ2n) is 7.56. The first-order chi connectivity index (χ1) is 17.5. The van der Waals surface area contributed by atoms with Crippen molar-refractivity contribution in [1.82, 2.24) is 10.9 Å². The number of allylic oxidation sites excluding steroid dienone is 1. The van der Waals surface area contributed by atoms with Gasteiger partial charge in [-0.1, -0.05) is 73.8 Å². The first-order valence-electron chi connectivity index (χ1n) is 11.2. The highest BCUT2D eigenvalue weighted by Gasteiger charge is 2.12. The standard InChI is InChI=1S/C16H16N2OS.C13H12N2O/c1-4-8-14-11(2)12(3)15(20-14)16(19)18-17-13-9-6-5-7-10-13;16-13(11-7-3-1-4-8-11)15-14-12-9-5-2-6-10-12/h4-10,17H,1-2H2,3H3,(H,18,19);1-10,14H,(H,15,16)/b14-8+;. The largest absolute Gasteiger partial charge is 0.298 e. The molecule has 7 heteroatoms. The summed E-state index contributed by atoms with van der Waals surface area (Å²) < 4.78 is 0.961. The fraction of sp³-hybridized carbons (Fsp3) is 0.0345. The van der Waals surface area contributed by atoms with E-state index in [4.69, 9.17) is 0 Å². The van der Waals surface area contributed by atoms with E-state index in [0.717, 1.165) is 26.7 Å².